The average Bonchev–Trinajstić information content (AvgIpc) is 2.92. The van der Waals surface area contributed by atoms with E-state index in [9.17, 15) is 4.79 Å². The first-order valence-electron chi connectivity index (χ1n) is 5.65. The van der Waals surface area contributed by atoms with Gasteiger partial charge in [-0.2, -0.15) is 5.48 Å². The van der Waals surface area contributed by atoms with Gasteiger partial charge in [-0.15, -0.1) is 0 Å². The summed E-state index contributed by atoms with van der Waals surface area (Å²) in [6.07, 6.45) is 6.07. The van der Waals surface area contributed by atoms with Crippen molar-refractivity contribution in [2.75, 3.05) is 19.7 Å². The molecule has 1 aliphatic carbocycles. The monoisotopic (exact) mass is 208 g/mol. The van der Waals surface area contributed by atoms with E-state index in [1.165, 1.54) is 0 Å². The molecule has 4 heteroatoms. The lowest BCUT2D eigenvalue weighted by molar-refractivity contribution is -0.134. The molecule has 1 N–H and O–H groups in total. The first-order valence-corrected chi connectivity index (χ1v) is 5.65. The van der Waals surface area contributed by atoms with Crippen molar-refractivity contribution in [1.82, 2.24) is 10.4 Å². The molecule has 0 aromatic carbocycles. The molecule has 82 valence electrons. The average molecular weight is 208 g/mol. The molecule has 2 fully saturated rings. The molecular weight excluding hydrogens is 192 g/mol. The molecule has 0 bridgehead atoms. The molecule has 2 aliphatic heterocycles. The number of likely N-dealkylation sites (tertiary alicyclic amines) is 1. The van der Waals surface area contributed by atoms with E-state index < -0.39 is 0 Å². The minimum atomic E-state index is 0.213. The van der Waals surface area contributed by atoms with Crippen LogP contribution in [0, 0.1) is 11.8 Å². The number of hydrogen-bond donors (Lipinski definition) is 1. The summed E-state index contributed by atoms with van der Waals surface area (Å²) >= 11 is 0. The van der Waals surface area contributed by atoms with Gasteiger partial charge in [0, 0.05) is 24.9 Å². The minimum Gasteiger partial charge on any atom is -0.340 e. The Morgan fingerprint density at radius 2 is 2.13 bits per heavy atom. The second-order valence-corrected chi connectivity index (χ2v) is 4.68. The van der Waals surface area contributed by atoms with E-state index in [0.717, 1.165) is 32.5 Å². The first kappa shape index (κ1) is 9.36. The van der Waals surface area contributed by atoms with E-state index >= 15 is 0 Å². The van der Waals surface area contributed by atoms with Gasteiger partial charge in [-0.25, -0.2) is 0 Å². The van der Waals surface area contributed by atoms with Gasteiger partial charge < -0.3 is 9.74 Å². The Morgan fingerprint density at radius 1 is 1.33 bits per heavy atom. The highest BCUT2D eigenvalue weighted by Gasteiger charge is 2.40. The topological polar surface area (TPSA) is 41.6 Å². The molecular formula is C11H16N2O2. The van der Waals surface area contributed by atoms with Crippen LogP contribution in [0.4, 0.5) is 0 Å². The molecule has 1 amide bonds. The maximum atomic E-state index is 12.1. The van der Waals surface area contributed by atoms with Crippen molar-refractivity contribution in [3.8, 4) is 0 Å². The van der Waals surface area contributed by atoms with Gasteiger partial charge >= 0.3 is 0 Å². The van der Waals surface area contributed by atoms with Crippen molar-refractivity contribution in [3.63, 3.8) is 0 Å². The number of fused-ring (bicyclic) bond motifs is 1. The third-order valence-corrected chi connectivity index (χ3v) is 3.64. The zero-order chi connectivity index (χ0) is 10.3. The lowest BCUT2D eigenvalue weighted by Gasteiger charge is -2.21. The standard InChI is InChI=1S/C11H16N2O2/c14-11(8-3-1-2-4-8)13-5-9-7-15-12-10(9)6-13/h1-2,8-10,12H,3-7H2/t9-,10-/m0/s1. The van der Waals surface area contributed by atoms with Gasteiger partial charge in [0.2, 0.25) is 5.91 Å². The largest absolute Gasteiger partial charge is 0.340 e. The summed E-state index contributed by atoms with van der Waals surface area (Å²) in [5, 5.41) is 0. The van der Waals surface area contributed by atoms with Gasteiger partial charge in [-0.1, -0.05) is 12.2 Å². The predicted molar refractivity (Wildman–Crippen MR) is 54.8 cm³/mol. The van der Waals surface area contributed by atoms with Crippen molar-refractivity contribution >= 4 is 5.91 Å². The highest BCUT2D eigenvalue weighted by atomic mass is 16.7. The van der Waals surface area contributed by atoms with Gasteiger partial charge in [0.1, 0.15) is 0 Å². The van der Waals surface area contributed by atoms with Crippen LogP contribution >= 0.6 is 0 Å². The van der Waals surface area contributed by atoms with E-state index in [-0.39, 0.29) is 5.92 Å². The Bertz CT molecular complexity index is 283. The zero-order valence-electron chi connectivity index (χ0n) is 8.69. The zero-order valence-corrected chi connectivity index (χ0v) is 8.69. The molecule has 0 aromatic rings. The van der Waals surface area contributed by atoms with Crippen molar-refractivity contribution in [3.05, 3.63) is 12.2 Å². The van der Waals surface area contributed by atoms with Gasteiger partial charge in [0.15, 0.2) is 0 Å². The van der Waals surface area contributed by atoms with Crippen molar-refractivity contribution in [2.45, 2.75) is 18.9 Å². The lowest BCUT2D eigenvalue weighted by atomic mass is 10.1. The maximum Gasteiger partial charge on any atom is 0.226 e. The van der Waals surface area contributed by atoms with Crippen LogP contribution in [0.3, 0.4) is 0 Å². The van der Waals surface area contributed by atoms with Gasteiger partial charge in [-0.05, 0) is 12.8 Å². The van der Waals surface area contributed by atoms with Crippen LogP contribution in [0.15, 0.2) is 12.2 Å². The Balaban J connectivity index is 1.62. The van der Waals surface area contributed by atoms with E-state index in [0.29, 0.717) is 17.9 Å². The summed E-state index contributed by atoms with van der Waals surface area (Å²) in [5.41, 5.74) is 2.98. The van der Waals surface area contributed by atoms with Gasteiger partial charge in [-0.3, -0.25) is 4.79 Å². The fourth-order valence-electron chi connectivity index (χ4n) is 2.69. The summed E-state index contributed by atoms with van der Waals surface area (Å²) in [7, 11) is 0. The molecule has 0 spiro atoms. The summed E-state index contributed by atoms with van der Waals surface area (Å²) < 4.78 is 0. The third-order valence-electron chi connectivity index (χ3n) is 3.64. The molecule has 2 saturated heterocycles. The predicted octanol–water partition coefficient (Wildman–Crippen LogP) is 0.314. The quantitative estimate of drug-likeness (QED) is 0.631. The molecule has 0 radical (unpaired) electrons. The van der Waals surface area contributed by atoms with Crippen LogP contribution in [0.2, 0.25) is 0 Å². The summed E-state index contributed by atoms with van der Waals surface area (Å²) in [5.74, 6) is 1.05. The normalized spacial score (nSPS) is 35.1. The summed E-state index contributed by atoms with van der Waals surface area (Å²) in [6, 6.07) is 0.364. The molecule has 3 aliphatic rings. The van der Waals surface area contributed by atoms with Crippen molar-refractivity contribution in [2.24, 2.45) is 11.8 Å². The number of allylic oxidation sites excluding steroid dienone is 2. The smallest absolute Gasteiger partial charge is 0.226 e. The third kappa shape index (κ3) is 1.58. The minimum absolute atomic E-state index is 0.213. The SMILES string of the molecule is O=C(C1CC=CC1)N1C[C@H]2CON[C@H]2C1. The van der Waals surface area contributed by atoms with E-state index in [1.54, 1.807) is 0 Å². The fraction of sp³-hybridized carbons (Fsp3) is 0.727. The molecule has 0 aromatic heterocycles. The Morgan fingerprint density at radius 3 is 2.87 bits per heavy atom. The highest BCUT2D eigenvalue weighted by molar-refractivity contribution is 5.80. The van der Waals surface area contributed by atoms with Crippen molar-refractivity contribution < 1.29 is 9.63 Å². The van der Waals surface area contributed by atoms with E-state index in [1.807, 2.05) is 4.90 Å². The summed E-state index contributed by atoms with van der Waals surface area (Å²) in [6.45, 7) is 2.43. The number of hydroxylamine groups is 1. The van der Waals surface area contributed by atoms with Gasteiger partial charge in [0.25, 0.3) is 0 Å². The number of nitrogens with one attached hydrogen (secondary N) is 1. The van der Waals surface area contributed by atoms with Crippen LogP contribution in [-0.2, 0) is 9.63 Å². The Hall–Kier alpha value is -0.870. The number of carbonyl (C=O) groups excluding carboxylic acids is 1. The van der Waals surface area contributed by atoms with Crippen LogP contribution < -0.4 is 5.48 Å². The second-order valence-electron chi connectivity index (χ2n) is 4.68. The second kappa shape index (κ2) is 3.61. The number of carbonyl (C=O) groups is 1. The van der Waals surface area contributed by atoms with Crippen molar-refractivity contribution in [1.29, 1.82) is 0 Å². The molecule has 0 unspecified atom stereocenters. The number of amides is 1. The van der Waals surface area contributed by atoms with Crippen LogP contribution in [0.1, 0.15) is 12.8 Å². The highest BCUT2D eigenvalue weighted by Crippen LogP contribution is 2.26. The van der Waals surface area contributed by atoms with Crippen LogP contribution in [-0.4, -0.2) is 36.5 Å². The first-order chi connectivity index (χ1) is 7.34. The molecule has 2 atom stereocenters. The number of nitrogens with zero attached hydrogens (tertiary/aromatic N) is 1. The van der Waals surface area contributed by atoms with Crippen LogP contribution in [0.5, 0.6) is 0 Å². The molecule has 2 heterocycles. The summed E-state index contributed by atoms with van der Waals surface area (Å²) in [4.78, 5) is 19.3. The van der Waals surface area contributed by atoms with E-state index in [4.69, 9.17) is 4.84 Å². The molecule has 3 rings (SSSR count). The molecule has 15 heavy (non-hydrogen) atoms. The Kier molecular flexibility index (Phi) is 2.25. The lowest BCUT2D eigenvalue weighted by Crippen LogP contribution is -2.36. The maximum absolute atomic E-state index is 12.1. The molecule has 4 nitrogen and oxygen atoms in total. The van der Waals surface area contributed by atoms with Crippen LogP contribution in [0.25, 0.3) is 0 Å². The molecule has 0 saturated carbocycles. The fourth-order valence-corrected chi connectivity index (χ4v) is 2.69. The van der Waals surface area contributed by atoms with E-state index in [2.05, 4.69) is 17.6 Å². The number of hydrogen-bond acceptors (Lipinski definition) is 3. The number of rotatable bonds is 1. The van der Waals surface area contributed by atoms with Gasteiger partial charge in [0.05, 0.1) is 12.6 Å². The Labute approximate surface area is 89.2 Å².